The lowest BCUT2D eigenvalue weighted by Gasteiger charge is -2.27. The Morgan fingerprint density at radius 2 is 1.82 bits per heavy atom. The second kappa shape index (κ2) is 5.60. The van der Waals surface area contributed by atoms with Gasteiger partial charge in [-0.15, -0.1) is 0 Å². The van der Waals surface area contributed by atoms with E-state index < -0.39 is 37.2 Å². The molecule has 1 N–H and O–H groups in total. The number of carbonyl (C=O) groups is 1. The van der Waals surface area contributed by atoms with Crippen molar-refractivity contribution in [2.75, 3.05) is 0 Å². The largest absolute Gasteiger partial charge is 0.480 e. The number of nitrogens with one attached hydrogen (secondary N) is 1. The normalized spacial score (nSPS) is 16.2. The lowest BCUT2D eigenvalue weighted by molar-refractivity contribution is 0.0483. The zero-order valence-electron chi connectivity index (χ0n) is 10.3. The highest BCUT2D eigenvalue weighted by molar-refractivity contribution is 6.58. The first-order valence-corrected chi connectivity index (χ1v) is 5.25. The standard InChI is InChI=1S/C9H17BF4NO2/c1-6(11)7(5-10(12,13)14)15-8(16)17-9(2,3)4/h6-7H,5H2,1-4H3,(H,15,16)/q-1/t6-,7+/m0/s1. The minimum absolute atomic E-state index is 0.836. The average Bonchev–Trinajstić information content (AvgIpc) is 1.95. The van der Waals surface area contributed by atoms with Crippen LogP contribution in [0.3, 0.4) is 0 Å². The zero-order chi connectivity index (χ0) is 13.9. The van der Waals surface area contributed by atoms with Crippen molar-refractivity contribution < 1.29 is 26.9 Å². The van der Waals surface area contributed by atoms with Gasteiger partial charge in [-0.3, -0.25) is 0 Å². The topological polar surface area (TPSA) is 38.3 Å². The first kappa shape index (κ1) is 16.1. The molecular weight excluding hydrogens is 241 g/mol. The Morgan fingerprint density at radius 3 is 2.12 bits per heavy atom. The summed E-state index contributed by atoms with van der Waals surface area (Å²) in [5.74, 6) is 0. The SMILES string of the molecule is C[C@H](F)[C@@H](C[B-](F)(F)F)NC(=O)OC(C)(C)C. The van der Waals surface area contributed by atoms with Crippen LogP contribution < -0.4 is 5.32 Å². The molecule has 0 aliphatic rings. The molecular formula is C9H17BF4NO2-. The van der Waals surface area contributed by atoms with Crippen LogP contribution in [-0.4, -0.2) is 30.9 Å². The monoisotopic (exact) mass is 258 g/mol. The number of amides is 1. The van der Waals surface area contributed by atoms with Gasteiger partial charge in [-0.2, -0.15) is 0 Å². The third kappa shape index (κ3) is 8.82. The molecule has 0 heterocycles. The number of alkyl carbamates (subject to hydrolysis) is 1. The van der Waals surface area contributed by atoms with Crippen molar-refractivity contribution >= 4 is 13.1 Å². The predicted molar refractivity (Wildman–Crippen MR) is 57.6 cm³/mol. The van der Waals surface area contributed by atoms with E-state index in [0.717, 1.165) is 6.92 Å². The van der Waals surface area contributed by atoms with Gasteiger partial charge in [0.2, 0.25) is 0 Å². The first-order valence-electron chi connectivity index (χ1n) is 5.25. The fourth-order valence-corrected chi connectivity index (χ4v) is 1.11. The smallest absolute Gasteiger partial charge is 0.449 e. The van der Waals surface area contributed by atoms with E-state index in [1.807, 2.05) is 5.32 Å². The molecule has 0 unspecified atom stereocenters. The minimum Gasteiger partial charge on any atom is -0.449 e. The van der Waals surface area contributed by atoms with Crippen molar-refractivity contribution in [2.24, 2.45) is 0 Å². The molecule has 8 heteroatoms. The molecule has 0 aromatic heterocycles. The summed E-state index contributed by atoms with van der Waals surface area (Å²) in [6, 6.07) is -1.61. The molecule has 0 spiro atoms. The highest BCUT2D eigenvalue weighted by Crippen LogP contribution is 2.20. The van der Waals surface area contributed by atoms with Crippen LogP contribution in [0.1, 0.15) is 27.7 Å². The molecule has 1 amide bonds. The maximum atomic E-state index is 12.9. The second-order valence-electron chi connectivity index (χ2n) is 4.88. The van der Waals surface area contributed by atoms with Gasteiger partial charge in [0.25, 0.3) is 0 Å². The molecule has 0 fully saturated rings. The molecule has 0 saturated heterocycles. The fourth-order valence-electron chi connectivity index (χ4n) is 1.11. The Labute approximate surface area is 98.0 Å². The molecule has 0 saturated carbocycles. The number of alkyl halides is 1. The molecule has 0 aliphatic carbocycles. The molecule has 3 nitrogen and oxygen atoms in total. The number of hydrogen-bond donors (Lipinski definition) is 1. The summed E-state index contributed by atoms with van der Waals surface area (Å²) in [7, 11) is 0. The zero-order valence-corrected chi connectivity index (χ0v) is 10.3. The van der Waals surface area contributed by atoms with Gasteiger partial charge in [0.05, 0.1) is 0 Å². The summed E-state index contributed by atoms with van der Waals surface area (Å²) < 4.78 is 54.2. The Balaban J connectivity index is 4.41. The average molecular weight is 258 g/mol. The number of carbonyl (C=O) groups excluding carboxylic acids is 1. The van der Waals surface area contributed by atoms with Crippen LogP contribution in [-0.2, 0) is 4.74 Å². The van der Waals surface area contributed by atoms with E-state index in [0.29, 0.717) is 0 Å². The Hall–Kier alpha value is -0.945. The van der Waals surface area contributed by atoms with Crippen molar-refractivity contribution in [1.82, 2.24) is 5.32 Å². The molecule has 0 radical (unpaired) electrons. The highest BCUT2D eigenvalue weighted by atomic mass is 19.4. The second-order valence-corrected chi connectivity index (χ2v) is 4.88. The molecule has 102 valence electrons. The summed E-state index contributed by atoms with van der Waals surface area (Å²) in [6.07, 6.45) is -4.21. The predicted octanol–water partition coefficient (Wildman–Crippen LogP) is 3.09. The van der Waals surface area contributed by atoms with E-state index in [4.69, 9.17) is 4.74 Å². The lowest BCUT2D eigenvalue weighted by atomic mass is 9.80. The summed E-state index contributed by atoms with van der Waals surface area (Å²) in [5.41, 5.74) is -0.836. The lowest BCUT2D eigenvalue weighted by Crippen LogP contribution is -2.45. The van der Waals surface area contributed by atoms with Gasteiger partial charge in [-0.1, -0.05) is 6.32 Å². The molecule has 17 heavy (non-hydrogen) atoms. The minimum atomic E-state index is -5.16. The maximum absolute atomic E-state index is 12.9. The summed E-state index contributed by atoms with van der Waals surface area (Å²) in [6.45, 7) is 0.492. The van der Waals surface area contributed by atoms with Crippen LogP contribution in [0.25, 0.3) is 0 Å². The van der Waals surface area contributed by atoms with Crippen molar-refractivity contribution in [3.05, 3.63) is 0 Å². The summed E-state index contributed by atoms with van der Waals surface area (Å²) in [5, 5.41) is 1.89. The Bertz CT molecular complexity index is 263. The van der Waals surface area contributed by atoms with E-state index in [1.165, 1.54) is 0 Å². The third-order valence-electron chi connectivity index (χ3n) is 1.78. The van der Waals surface area contributed by atoms with Crippen molar-refractivity contribution in [1.29, 1.82) is 0 Å². The van der Waals surface area contributed by atoms with Crippen LogP contribution in [0.15, 0.2) is 0 Å². The van der Waals surface area contributed by atoms with Crippen LogP contribution >= 0.6 is 0 Å². The third-order valence-corrected chi connectivity index (χ3v) is 1.78. The van der Waals surface area contributed by atoms with Crippen LogP contribution in [0, 0.1) is 0 Å². The van der Waals surface area contributed by atoms with Crippen molar-refractivity contribution in [3.63, 3.8) is 0 Å². The van der Waals surface area contributed by atoms with E-state index in [1.54, 1.807) is 20.8 Å². The molecule has 0 bridgehead atoms. The molecule has 0 aromatic rings. The Kier molecular flexibility index (Phi) is 5.28. The van der Waals surface area contributed by atoms with Crippen LogP contribution in [0.5, 0.6) is 0 Å². The number of hydrogen-bond acceptors (Lipinski definition) is 2. The van der Waals surface area contributed by atoms with Crippen molar-refractivity contribution in [2.45, 2.75) is 51.8 Å². The quantitative estimate of drug-likeness (QED) is 0.621. The van der Waals surface area contributed by atoms with Gasteiger partial charge in [0.1, 0.15) is 11.8 Å². The van der Waals surface area contributed by atoms with Gasteiger partial charge < -0.3 is 23.0 Å². The summed E-state index contributed by atoms with van der Waals surface area (Å²) >= 11 is 0. The molecule has 0 aromatic carbocycles. The van der Waals surface area contributed by atoms with Crippen LogP contribution in [0.2, 0.25) is 6.32 Å². The van der Waals surface area contributed by atoms with E-state index in [-0.39, 0.29) is 0 Å². The number of ether oxygens (including phenoxy) is 1. The van der Waals surface area contributed by atoms with Gasteiger partial charge in [-0.25, -0.2) is 9.18 Å². The fraction of sp³-hybridized carbons (Fsp3) is 0.889. The van der Waals surface area contributed by atoms with Crippen molar-refractivity contribution in [3.8, 4) is 0 Å². The Morgan fingerprint density at radius 1 is 1.35 bits per heavy atom. The number of halogens is 4. The van der Waals surface area contributed by atoms with E-state index >= 15 is 0 Å². The highest BCUT2D eigenvalue weighted by Gasteiger charge is 2.32. The van der Waals surface area contributed by atoms with E-state index in [2.05, 4.69) is 0 Å². The molecule has 0 aliphatic heterocycles. The molecule has 2 atom stereocenters. The van der Waals surface area contributed by atoms with Gasteiger partial charge >= 0.3 is 13.1 Å². The van der Waals surface area contributed by atoms with Crippen LogP contribution in [0.4, 0.5) is 22.1 Å². The van der Waals surface area contributed by atoms with Gasteiger partial charge in [0.15, 0.2) is 0 Å². The molecule has 0 rings (SSSR count). The maximum Gasteiger partial charge on any atom is 0.480 e. The van der Waals surface area contributed by atoms with Gasteiger partial charge in [0, 0.05) is 6.04 Å². The number of rotatable bonds is 4. The summed E-state index contributed by atoms with van der Waals surface area (Å²) in [4.78, 5) is 11.2. The first-order chi connectivity index (χ1) is 7.41. The van der Waals surface area contributed by atoms with Gasteiger partial charge in [-0.05, 0) is 27.7 Å². The van der Waals surface area contributed by atoms with E-state index in [9.17, 15) is 22.1 Å².